The molecule has 1 aromatic carbocycles. The lowest BCUT2D eigenvalue weighted by atomic mass is 10.2. The molecule has 0 radical (unpaired) electrons. The van der Waals surface area contributed by atoms with Crippen LogP contribution >= 0.6 is 11.3 Å². The molecule has 1 N–H and O–H groups in total. The van der Waals surface area contributed by atoms with Crippen LogP contribution in [0.5, 0.6) is 0 Å². The maximum atomic E-state index is 11.2. The normalized spacial score (nSPS) is 10.9. The number of nitrogens with zero attached hydrogens (tertiary/aromatic N) is 2. The molecule has 0 spiro atoms. The van der Waals surface area contributed by atoms with E-state index in [0.29, 0.717) is 16.4 Å². The van der Waals surface area contributed by atoms with Crippen molar-refractivity contribution >= 4 is 28.2 Å². The molecule has 2 heterocycles. The zero-order valence-corrected chi connectivity index (χ0v) is 12.1. The van der Waals surface area contributed by atoms with Gasteiger partial charge in [0.1, 0.15) is 9.88 Å². The van der Waals surface area contributed by atoms with E-state index in [1.807, 2.05) is 36.4 Å². The Morgan fingerprint density at radius 1 is 1.24 bits per heavy atom. The Morgan fingerprint density at radius 3 is 2.81 bits per heavy atom. The first kappa shape index (κ1) is 13.7. The molecule has 0 saturated heterocycles. The predicted molar refractivity (Wildman–Crippen MR) is 80.5 cm³/mol. The van der Waals surface area contributed by atoms with E-state index in [2.05, 4.69) is 9.97 Å². The van der Waals surface area contributed by atoms with Crippen LogP contribution < -0.4 is 0 Å². The topological polar surface area (TPSA) is 72.3 Å². The number of benzene rings is 1. The molecular formula is C15H12N2O3S. The molecule has 3 aromatic rings. The number of aromatic nitrogens is 2. The van der Waals surface area contributed by atoms with E-state index in [-0.39, 0.29) is 11.5 Å². The lowest BCUT2D eigenvalue weighted by Crippen LogP contribution is -1.99. The van der Waals surface area contributed by atoms with Gasteiger partial charge in [0, 0.05) is 12.5 Å². The average molecular weight is 300 g/mol. The van der Waals surface area contributed by atoms with E-state index in [0.717, 1.165) is 22.2 Å². The lowest BCUT2D eigenvalue weighted by Gasteiger charge is -1.99. The zero-order chi connectivity index (χ0) is 14.8. The number of ether oxygens (including phenoxy) is 1. The summed E-state index contributed by atoms with van der Waals surface area (Å²) in [7, 11) is 1.51. The Balaban J connectivity index is 2.09. The fourth-order valence-electron chi connectivity index (χ4n) is 2.05. The molecule has 21 heavy (non-hydrogen) atoms. The first-order valence-electron chi connectivity index (χ1n) is 6.27. The molecule has 0 atom stereocenters. The van der Waals surface area contributed by atoms with Gasteiger partial charge in [-0.05, 0) is 12.1 Å². The maximum absolute atomic E-state index is 11.2. The zero-order valence-electron chi connectivity index (χ0n) is 11.2. The Morgan fingerprint density at radius 2 is 2.05 bits per heavy atom. The van der Waals surface area contributed by atoms with Crippen LogP contribution in [-0.2, 0) is 11.3 Å². The van der Waals surface area contributed by atoms with Crippen molar-refractivity contribution in [3.05, 3.63) is 47.0 Å². The van der Waals surface area contributed by atoms with Gasteiger partial charge in [0.2, 0.25) is 0 Å². The smallest absolute Gasteiger partial charge is 0.347 e. The molecule has 0 amide bonds. The Bertz CT molecular complexity index is 814. The summed E-state index contributed by atoms with van der Waals surface area (Å²) in [4.78, 5) is 20.3. The highest BCUT2D eigenvalue weighted by atomic mass is 32.1. The summed E-state index contributed by atoms with van der Waals surface area (Å²) in [6.45, 7) is 0.172. The van der Waals surface area contributed by atoms with Crippen LogP contribution in [0.4, 0.5) is 0 Å². The number of carboxylic acid groups (broad SMARTS) is 1. The average Bonchev–Trinajstić information content (AvgIpc) is 2.91. The van der Waals surface area contributed by atoms with Gasteiger partial charge in [-0.25, -0.2) is 14.8 Å². The minimum atomic E-state index is -0.994. The van der Waals surface area contributed by atoms with Crippen molar-refractivity contribution in [2.24, 2.45) is 0 Å². The number of thiazole rings is 1. The van der Waals surface area contributed by atoms with Crippen molar-refractivity contribution in [1.82, 2.24) is 9.97 Å². The summed E-state index contributed by atoms with van der Waals surface area (Å²) < 4.78 is 5.00. The van der Waals surface area contributed by atoms with Crippen molar-refractivity contribution in [3.63, 3.8) is 0 Å². The highest BCUT2D eigenvalue weighted by Crippen LogP contribution is 2.28. The van der Waals surface area contributed by atoms with Crippen molar-refractivity contribution in [1.29, 1.82) is 0 Å². The van der Waals surface area contributed by atoms with Gasteiger partial charge in [-0.1, -0.05) is 24.3 Å². The molecule has 0 saturated carbocycles. The second-order valence-corrected chi connectivity index (χ2v) is 5.42. The second kappa shape index (κ2) is 5.59. The molecule has 0 aliphatic carbocycles. The van der Waals surface area contributed by atoms with Gasteiger partial charge in [-0.3, -0.25) is 0 Å². The molecule has 0 aliphatic rings. The maximum Gasteiger partial charge on any atom is 0.347 e. The number of hydrogen-bond donors (Lipinski definition) is 1. The van der Waals surface area contributed by atoms with E-state index >= 15 is 0 Å². The monoisotopic (exact) mass is 300 g/mol. The largest absolute Gasteiger partial charge is 0.477 e. The molecule has 0 bridgehead atoms. The fourth-order valence-corrected chi connectivity index (χ4v) is 2.93. The van der Waals surface area contributed by atoms with Crippen molar-refractivity contribution in [3.8, 4) is 10.7 Å². The van der Waals surface area contributed by atoms with Crippen LogP contribution in [0.15, 0.2) is 36.4 Å². The summed E-state index contributed by atoms with van der Waals surface area (Å²) in [5.74, 6) is -0.994. The van der Waals surface area contributed by atoms with Crippen LogP contribution in [0.2, 0.25) is 0 Å². The summed E-state index contributed by atoms with van der Waals surface area (Å²) in [6, 6.07) is 11.6. The van der Waals surface area contributed by atoms with Crippen molar-refractivity contribution in [2.75, 3.05) is 7.11 Å². The summed E-state index contributed by atoms with van der Waals surface area (Å²) in [6.07, 6.45) is 0. The molecule has 5 nitrogen and oxygen atoms in total. The van der Waals surface area contributed by atoms with Gasteiger partial charge in [-0.15, -0.1) is 11.3 Å². The van der Waals surface area contributed by atoms with E-state index in [4.69, 9.17) is 4.74 Å². The first-order chi connectivity index (χ1) is 10.2. The van der Waals surface area contributed by atoms with E-state index < -0.39 is 5.97 Å². The third-order valence-corrected chi connectivity index (χ3v) is 4.10. The first-order valence-corrected chi connectivity index (χ1v) is 7.09. The molecule has 0 aliphatic heterocycles. The molecular weight excluding hydrogens is 288 g/mol. The number of aromatic carboxylic acids is 1. The van der Waals surface area contributed by atoms with Gasteiger partial charge in [-0.2, -0.15) is 0 Å². The van der Waals surface area contributed by atoms with Crippen LogP contribution in [0.1, 0.15) is 15.4 Å². The third kappa shape index (κ3) is 2.63. The SMILES string of the molecule is COCc1nc(-c2ccc3ccccc3n2)sc1C(=O)O. The summed E-state index contributed by atoms with van der Waals surface area (Å²) >= 11 is 1.12. The molecule has 0 fully saturated rings. The van der Waals surface area contributed by atoms with E-state index in [1.165, 1.54) is 7.11 Å². The van der Waals surface area contributed by atoms with E-state index in [9.17, 15) is 9.90 Å². The molecule has 6 heteroatoms. The Hall–Kier alpha value is -2.31. The number of para-hydroxylation sites is 1. The number of pyridine rings is 1. The van der Waals surface area contributed by atoms with Crippen molar-refractivity contribution in [2.45, 2.75) is 6.61 Å². The minimum Gasteiger partial charge on any atom is -0.477 e. The van der Waals surface area contributed by atoms with Crippen LogP contribution in [0.25, 0.3) is 21.6 Å². The highest BCUT2D eigenvalue weighted by Gasteiger charge is 2.18. The Labute approximate surface area is 124 Å². The van der Waals surface area contributed by atoms with Gasteiger partial charge in [0.25, 0.3) is 0 Å². The number of fused-ring (bicyclic) bond motifs is 1. The number of carbonyl (C=O) groups is 1. The summed E-state index contributed by atoms with van der Waals surface area (Å²) in [5.41, 5.74) is 1.96. The predicted octanol–water partition coefficient (Wildman–Crippen LogP) is 3.20. The number of methoxy groups -OCH3 is 1. The fraction of sp³-hybridized carbons (Fsp3) is 0.133. The molecule has 106 valence electrons. The van der Waals surface area contributed by atoms with Gasteiger partial charge in [0.05, 0.1) is 23.5 Å². The molecule has 2 aromatic heterocycles. The van der Waals surface area contributed by atoms with Gasteiger partial charge in [0.15, 0.2) is 0 Å². The second-order valence-electron chi connectivity index (χ2n) is 4.42. The van der Waals surface area contributed by atoms with Crippen LogP contribution in [0.3, 0.4) is 0 Å². The number of carboxylic acids is 1. The number of hydrogen-bond acceptors (Lipinski definition) is 5. The number of rotatable bonds is 4. The van der Waals surface area contributed by atoms with E-state index in [1.54, 1.807) is 0 Å². The Kier molecular flexibility index (Phi) is 3.64. The lowest BCUT2D eigenvalue weighted by molar-refractivity contribution is 0.0697. The standard InChI is InChI=1S/C15H12N2O3S/c1-20-8-12-13(15(18)19)21-14(17-12)11-7-6-9-4-2-3-5-10(9)16-11/h2-7H,8H2,1H3,(H,18,19). The minimum absolute atomic E-state index is 0.172. The molecule has 0 unspecified atom stereocenters. The molecule has 3 rings (SSSR count). The van der Waals surface area contributed by atoms with Gasteiger partial charge < -0.3 is 9.84 Å². The van der Waals surface area contributed by atoms with Crippen molar-refractivity contribution < 1.29 is 14.6 Å². The summed E-state index contributed by atoms with van der Waals surface area (Å²) in [5, 5.41) is 10.8. The van der Waals surface area contributed by atoms with Crippen LogP contribution in [0, 0.1) is 0 Å². The third-order valence-electron chi connectivity index (χ3n) is 2.99. The quantitative estimate of drug-likeness (QED) is 0.801. The van der Waals surface area contributed by atoms with Gasteiger partial charge >= 0.3 is 5.97 Å². The van der Waals surface area contributed by atoms with Crippen LogP contribution in [-0.4, -0.2) is 28.2 Å². The highest BCUT2D eigenvalue weighted by molar-refractivity contribution is 7.17.